The maximum Gasteiger partial charge on any atom is 0.275 e. The molecule has 0 aliphatic carbocycles. The monoisotopic (exact) mass is 585 g/mol. The highest BCUT2D eigenvalue weighted by atomic mass is 32.1. The zero-order chi connectivity index (χ0) is 27.3. The van der Waals surface area contributed by atoms with Crippen molar-refractivity contribution in [1.82, 2.24) is 19.5 Å². The second kappa shape index (κ2) is 11.8. The van der Waals surface area contributed by atoms with Crippen LogP contribution in [0.3, 0.4) is 0 Å². The number of carbonyl (C=O) groups excluding carboxylic acids is 1. The van der Waals surface area contributed by atoms with Crippen molar-refractivity contribution in [1.29, 1.82) is 0 Å². The molecule has 0 spiro atoms. The van der Waals surface area contributed by atoms with Gasteiger partial charge in [-0.25, -0.2) is 15.0 Å². The highest BCUT2D eigenvalue weighted by Crippen LogP contribution is 2.33. The minimum absolute atomic E-state index is 0.235. The molecule has 1 aliphatic rings. The van der Waals surface area contributed by atoms with Crippen LogP contribution in [0.15, 0.2) is 76.2 Å². The maximum absolute atomic E-state index is 12.3. The summed E-state index contributed by atoms with van der Waals surface area (Å²) >= 11 is 4.66. The van der Waals surface area contributed by atoms with Crippen molar-refractivity contribution in [2.24, 2.45) is 7.05 Å². The number of thiophene rings is 1. The molecule has 0 bridgehead atoms. The van der Waals surface area contributed by atoms with Crippen LogP contribution in [0.1, 0.15) is 22.0 Å². The van der Waals surface area contributed by atoms with E-state index in [9.17, 15) is 4.79 Å². The number of aromatic nitrogens is 4. The van der Waals surface area contributed by atoms with Gasteiger partial charge in [0.15, 0.2) is 11.5 Å². The van der Waals surface area contributed by atoms with Gasteiger partial charge >= 0.3 is 0 Å². The highest BCUT2D eigenvalue weighted by Gasteiger charge is 2.16. The molecule has 0 saturated heterocycles. The van der Waals surface area contributed by atoms with E-state index in [0.717, 1.165) is 32.4 Å². The first kappa shape index (κ1) is 25.9. The molecule has 0 saturated carbocycles. The lowest BCUT2D eigenvalue weighted by Gasteiger charge is -2.18. The second-order valence-corrected chi connectivity index (χ2v) is 11.1. The van der Waals surface area contributed by atoms with Gasteiger partial charge in [-0.05, 0) is 47.9 Å². The average Bonchev–Trinajstić information content (AvgIpc) is 3.80. The normalized spacial score (nSPS) is 12.3. The van der Waals surface area contributed by atoms with Crippen molar-refractivity contribution in [3.05, 3.63) is 93.5 Å². The molecular formula is C29H23N5O3S3. The third kappa shape index (κ3) is 5.81. The summed E-state index contributed by atoms with van der Waals surface area (Å²) < 4.78 is 13.1. The Kier molecular flexibility index (Phi) is 7.67. The second-order valence-electron chi connectivity index (χ2n) is 8.59. The predicted octanol–water partition coefficient (Wildman–Crippen LogP) is 7.10. The summed E-state index contributed by atoms with van der Waals surface area (Å²) in [7, 11) is 2.02. The Balaban J connectivity index is 0.000000151. The molecule has 200 valence electrons. The lowest BCUT2D eigenvalue weighted by molar-refractivity contribution is 0.102. The van der Waals surface area contributed by atoms with Gasteiger partial charge in [-0.1, -0.05) is 18.2 Å². The van der Waals surface area contributed by atoms with Crippen LogP contribution in [-0.4, -0.2) is 38.6 Å². The Hall–Kier alpha value is -4.32. The van der Waals surface area contributed by atoms with E-state index in [1.54, 1.807) is 46.3 Å². The number of amides is 1. The van der Waals surface area contributed by atoms with Crippen molar-refractivity contribution in [3.8, 4) is 21.4 Å². The zero-order valence-corrected chi connectivity index (χ0v) is 23.8. The molecule has 0 fully saturated rings. The Labute approximate surface area is 242 Å². The van der Waals surface area contributed by atoms with Gasteiger partial charge in [0.2, 0.25) is 0 Å². The number of imidazole rings is 1. The van der Waals surface area contributed by atoms with Gasteiger partial charge in [0.1, 0.15) is 29.7 Å². The molecule has 8 nitrogen and oxygen atoms in total. The van der Waals surface area contributed by atoms with Crippen LogP contribution in [-0.2, 0) is 7.05 Å². The molecule has 0 radical (unpaired) electrons. The summed E-state index contributed by atoms with van der Waals surface area (Å²) in [5, 5.41) is 9.47. The lowest BCUT2D eigenvalue weighted by atomic mass is 10.2. The number of nitrogens with zero attached hydrogens (tertiary/aromatic N) is 4. The summed E-state index contributed by atoms with van der Waals surface area (Å²) in [4.78, 5) is 26.6. The summed E-state index contributed by atoms with van der Waals surface area (Å²) in [5.41, 5.74) is 6.04. The molecule has 1 amide bonds. The number of thiazole rings is 2. The number of anilines is 1. The Bertz CT molecular complexity index is 1770. The number of para-hydroxylation sites is 2. The number of hydrogen-bond acceptors (Lipinski definition) is 9. The van der Waals surface area contributed by atoms with Crippen LogP contribution in [0.2, 0.25) is 0 Å². The minimum atomic E-state index is -0.235. The van der Waals surface area contributed by atoms with Gasteiger partial charge in [-0.3, -0.25) is 4.79 Å². The lowest BCUT2D eigenvalue weighted by Crippen LogP contribution is -2.16. The third-order valence-electron chi connectivity index (χ3n) is 5.95. The first-order chi connectivity index (χ1) is 19.6. The van der Waals surface area contributed by atoms with E-state index >= 15 is 0 Å². The molecule has 1 aliphatic heterocycles. The SMILES string of the molecule is Cn1c(/C=C/c2cscn2)nc2ccccc21.O=C(Nc1ccc2c(c1)OCCO2)c1csc(-c2cccs2)n1. The van der Waals surface area contributed by atoms with E-state index in [2.05, 4.69) is 30.9 Å². The van der Waals surface area contributed by atoms with Crippen molar-refractivity contribution >= 4 is 68.8 Å². The maximum atomic E-state index is 12.3. The molecular weight excluding hydrogens is 563 g/mol. The van der Waals surface area contributed by atoms with E-state index in [0.29, 0.717) is 36.1 Å². The van der Waals surface area contributed by atoms with Crippen LogP contribution in [0, 0.1) is 0 Å². The molecule has 0 unspecified atom stereocenters. The molecule has 6 aromatic rings. The van der Waals surface area contributed by atoms with Gasteiger partial charge in [0, 0.05) is 29.6 Å². The Morgan fingerprint density at radius 1 is 0.975 bits per heavy atom. The first-order valence-corrected chi connectivity index (χ1v) is 15.0. The largest absolute Gasteiger partial charge is 0.486 e. The number of fused-ring (bicyclic) bond motifs is 2. The Morgan fingerprint density at radius 2 is 1.85 bits per heavy atom. The van der Waals surface area contributed by atoms with Gasteiger partial charge in [-0.2, -0.15) is 0 Å². The summed E-state index contributed by atoms with van der Waals surface area (Å²) in [6, 6.07) is 17.4. The molecule has 40 heavy (non-hydrogen) atoms. The summed E-state index contributed by atoms with van der Waals surface area (Å²) in [6.45, 7) is 1.06. The van der Waals surface area contributed by atoms with Gasteiger partial charge < -0.3 is 19.4 Å². The number of rotatable bonds is 5. The smallest absolute Gasteiger partial charge is 0.275 e. The van der Waals surface area contributed by atoms with E-state index in [1.807, 2.05) is 65.8 Å². The van der Waals surface area contributed by atoms with Crippen molar-refractivity contribution in [3.63, 3.8) is 0 Å². The Morgan fingerprint density at radius 3 is 2.65 bits per heavy atom. The standard InChI is InChI=1S/C16H12N2O3S2.C13H11N3S/c19-15(11-9-23-16(18-11)14-2-1-7-22-14)17-10-3-4-12-13(8-10)21-6-5-20-12;1-16-12-5-3-2-4-11(12)15-13(16)7-6-10-8-17-9-14-10/h1-4,7-9H,5-6H2,(H,17,19);2-9H,1H3/b;7-6+. The molecule has 11 heteroatoms. The fraction of sp³-hybridized carbons (Fsp3) is 0.103. The first-order valence-electron chi connectivity index (χ1n) is 12.3. The van der Waals surface area contributed by atoms with Crippen molar-refractivity contribution < 1.29 is 14.3 Å². The fourth-order valence-electron chi connectivity index (χ4n) is 3.99. The van der Waals surface area contributed by atoms with Crippen LogP contribution in [0.4, 0.5) is 5.69 Å². The predicted molar refractivity (Wildman–Crippen MR) is 163 cm³/mol. The third-order valence-corrected chi connectivity index (χ3v) is 8.43. The highest BCUT2D eigenvalue weighted by molar-refractivity contribution is 7.20. The topological polar surface area (TPSA) is 91.2 Å². The van der Waals surface area contributed by atoms with Gasteiger partial charge in [0.25, 0.3) is 5.91 Å². The molecule has 1 N–H and O–H groups in total. The van der Waals surface area contributed by atoms with Crippen LogP contribution < -0.4 is 14.8 Å². The number of ether oxygens (including phenoxy) is 2. The zero-order valence-electron chi connectivity index (χ0n) is 21.3. The number of hydrogen-bond donors (Lipinski definition) is 1. The van der Waals surface area contributed by atoms with E-state index in [4.69, 9.17) is 9.47 Å². The van der Waals surface area contributed by atoms with Gasteiger partial charge in [-0.15, -0.1) is 34.0 Å². The number of nitrogens with one attached hydrogen (secondary N) is 1. The van der Waals surface area contributed by atoms with Crippen LogP contribution in [0.5, 0.6) is 11.5 Å². The van der Waals surface area contributed by atoms with E-state index in [1.165, 1.54) is 11.3 Å². The van der Waals surface area contributed by atoms with Crippen LogP contribution in [0.25, 0.3) is 33.1 Å². The quantitative estimate of drug-likeness (QED) is 0.232. The van der Waals surface area contributed by atoms with Crippen LogP contribution >= 0.6 is 34.0 Å². The fourth-order valence-corrected chi connectivity index (χ4v) is 6.12. The molecule has 4 aromatic heterocycles. The molecule has 0 atom stereocenters. The minimum Gasteiger partial charge on any atom is -0.486 e. The molecule has 7 rings (SSSR count). The van der Waals surface area contributed by atoms with Gasteiger partial charge in [0.05, 0.1) is 27.1 Å². The molecule has 2 aromatic carbocycles. The van der Waals surface area contributed by atoms with Crippen molar-refractivity contribution in [2.75, 3.05) is 18.5 Å². The summed E-state index contributed by atoms with van der Waals surface area (Å²) in [5.74, 6) is 2.05. The number of benzene rings is 2. The molecule has 5 heterocycles. The van der Waals surface area contributed by atoms with Crippen molar-refractivity contribution in [2.45, 2.75) is 0 Å². The van der Waals surface area contributed by atoms with E-state index < -0.39 is 0 Å². The number of aryl methyl sites for hydroxylation is 1. The summed E-state index contributed by atoms with van der Waals surface area (Å²) in [6.07, 6.45) is 3.98. The van der Waals surface area contributed by atoms with E-state index in [-0.39, 0.29) is 5.91 Å². The average molecular weight is 586 g/mol. The number of carbonyl (C=O) groups is 1.